The van der Waals surface area contributed by atoms with Crippen molar-refractivity contribution < 1.29 is 9.84 Å². The van der Waals surface area contributed by atoms with Crippen molar-refractivity contribution in [1.82, 2.24) is 10.6 Å². The summed E-state index contributed by atoms with van der Waals surface area (Å²) in [6.45, 7) is 6.46. The minimum atomic E-state index is 0.240. The van der Waals surface area contributed by atoms with Crippen molar-refractivity contribution in [3.8, 4) is 11.5 Å². The van der Waals surface area contributed by atoms with E-state index in [9.17, 15) is 5.11 Å². The average molecular weight is 337 g/mol. The van der Waals surface area contributed by atoms with Gasteiger partial charge in [0.2, 0.25) is 0 Å². The zero-order valence-corrected chi connectivity index (χ0v) is 15.0. The Kier molecular flexibility index (Phi) is 6.45. The van der Waals surface area contributed by atoms with E-state index in [0.717, 1.165) is 30.4 Å². The van der Waals surface area contributed by atoms with Gasteiger partial charge in [-0.2, -0.15) is 11.8 Å². The van der Waals surface area contributed by atoms with Crippen LogP contribution in [0.25, 0.3) is 0 Å². The quantitative estimate of drug-likeness (QED) is 0.550. The summed E-state index contributed by atoms with van der Waals surface area (Å²) in [5, 5.41) is 16.6. The summed E-state index contributed by atoms with van der Waals surface area (Å²) in [5.74, 6) is 2.98. The van der Waals surface area contributed by atoms with E-state index in [4.69, 9.17) is 4.74 Å². The molecule has 5 nitrogen and oxygen atoms in total. The first kappa shape index (κ1) is 17.8. The van der Waals surface area contributed by atoms with Crippen LogP contribution in [-0.4, -0.2) is 41.8 Å². The van der Waals surface area contributed by atoms with E-state index in [-0.39, 0.29) is 10.5 Å². The normalized spacial score (nSPS) is 21.3. The number of aliphatic imine (C=N–C) groups is 1. The third-order valence-corrected chi connectivity index (χ3v) is 5.51. The standard InChI is InChI=1S/C17H27N3O2S/c1-4-18-16(20-12-17(2)8-5-9-23-17)19-11-13-10-14(22-3)6-7-15(13)21/h6-7,10,21H,4-5,8-9,11-12H2,1-3H3,(H2,18,19,20). The SMILES string of the molecule is CCNC(=NCc1cc(OC)ccc1O)NCC1(C)CCCS1. The second-order valence-corrected chi connectivity index (χ2v) is 7.63. The van der Waals surface area contributed by atoms with Crippen LogP contribution in [0, 0.1) is 0 Å². The Hall–Kier alpha value is -1.56. The maximum absolute atomic E-state index is 9.95. The molecule has 3 N–H and O–H groups in total. The van der Waals surface area contributed by atoms with Crippen molar-refractivity contribution >= 4 is 17.7 Å². The van der Waals surface area contributed by atoms with Crippen LogP contribution in [0.4, 0.5) is 0 Å². The fraction of sp³-hybridized carbons (Fsp3) is 0.588. The van der Waals surface area contributed by atoms with E-state index >= 15 is 0 Å². The number of nitrogens with zero attached hydrogens (tertiary/aromatic N) is 1. The van der Waals surface area contributed by atoms with Gasteiger partial charge in [-0.05, 0) is 50.6 Å². The Bertz CT molecular complexity index is 543. The molecule has 1 aromatic rings. The molecule has 1 unspecified atom stereocenters. The number of benzene rings is 1. The molecule has 0 aliphatic carbocycles. The van der Waals surface area contributed by atoms with E-state index in [0.29, 0.717) is 6.54 Å². The van der Waals surface area contributed by atoms with Gasteiger partial charge in [0, 0.05) is 23.4 Å². The summed E-state index contributed by atoms with van der Waals surface area (Å²) < 4.78 is 5.48. The van der Waals surface area contributed by atoms with Crippen molar-refractivity contribution in [1.29, 1.82) is 0 Å². The van der Waals surface area contributed by atoms with Gasteiger partial charge in [-0.25, -0.2) is 4.99 Å². The lowest BCUT2D eigenvalue weighted by Gasteiger charge is -2.24. The number of thioether (sulfide) groups is 1. The van der Waals surface area contributed by atoms with Crippen LogP contribution in [0.1, 0.15) is 32.3 Å². The van der Waals surface area contributed by atoms with Gasteiger partial charge in [0.15, 0.2) is 5.96 Å². The number of hydrogen-bond donors (Lipinski definition) is 3. The first-order valence-corrected chi connectivity index (χ1v) is 9.07. The minimum absolute atomic E-state index is 0.240. The monoisotopic (exact) mass is 337 g/mol. The summed E-state index contributed by atoms with van der Waals surface area (Å²) in [5.41, 5.74) is 0.753. The summed E-state index contributed by atoms with van der Waals surface area (Å²) in [6.07, 6.45) is 2.52. The van der Waals surface area contributed by atoms with Gasteiger partial charge < -0.3 is 20.5 Å². The Labute approximate surface area is 142 Å². The second kappa shape index (κ2) is 8.34. The van der Waals surface area contributed by atoms with Crippen LogP contribution in [-0.2, 0) is 6.54 Å². The number of phenolic OH excluding ortho intramolecular Hbond substituents is 1. The maximum atomic E-state index is 9.95. The van der Waals surface area contributed by atoms with Gasteiger partial charge in [-0.3, -0.25) is 0 Å². The molecule has 1 aliphatic rings. The Morgan fingerprint density at radius 3 is 2.91 bits per heavy atom. The maximum Gasteiger partial charge on any atom is 0.191 e. The molecule has 0 spiro atoms. The van der Waals surface area contributed by atoms with E-state index in [2.05, 4.69) is 22.5 Å². The second-order valence-electron chi connectivity index (χ2n) is 5.95. The molecule has 0 aromatic heterocycles. The van der Waals surface area contributed by atoms with Crippen molar-refractivity contribution in [3.05, 3.63) is 23.8 Å². The number of rotatable bonds is 6. The molecule has 1 fully saturated rings. The fourth-order valence-electron chi connectivity index (χ4n) is 2.57. The van der Waals surface area contributed by atoms with E-state index < -0.39 is 0 Å². The van der Waals surface area contributed by atoms with Crippen LogP contribution in [0.2, 0.25) is 0 Å². The number of nitrogens with one attached hydrogen (secondary N) is 2. The summed E-state index contributed by atoms with van der Waals surface area (Å²) in [7, 11) is 1.62. The van der Waals surface area contributed by atoms with Gasteiger partial charge in [0.25, 0.3) is 0 Å². The van der Waals surface area contributed by atoms with Crippen LogP contribution >= 0.6 is 11.8 Å². The molecule has 2 rings (SSSR count). The highest BCUT2D eigenvalue weighted by atomic mass is 32.2. The lowest BCUT2D eigenvalue weighted by atomic mass is 10.1. The molecule has 1 atom stereocenters. The van der Waals surface area contributed by atoms with Crippen LogP contribution in [0.15, 0.2) is 23.2 Å². The Morgan fingerprint density at radius 1 is 1.43 bits per heavy atom. The van der Waals surface area contributed by atoms with E-state index in [1.807, 2.05) is 24.8 Å². The molecule has 0 radical (unpaired) electrons. The first-order valence-electron chi connectivity index (χ1n) is 8.08. The van der Waals surface area contributed by atoms with E-state index in [1.165, 1.54) is 18.6 Å². The van der Waals surface area contributed by atoms with Crippen molar-refractivity contribution in [2.75, 3.05) is 26.0 Å². The third-order valence-electron chi connectivity index (χ3n) is 3.97. The van der Waals surface area contributed by atoms with Crippen LogP contribution < -0.4 is 15.4 Å². The molecule has 23 heavy (non-hydrogen) atoms. The number of aromatic hydroxyl groups is 1. The average Bonchev–Trinajstić information content (AvgIpc) is 2.98. The summed E-state index contributed by atoms with van der Waals surface area (Å²) in [4.78, 5) is 4.58. The van der Waals surface area contributed by atoms with Crippen LogP contribution in [0.3, 0.4) is 0 Å². The molecule has 6 heteroatoms. The van der Waals surface area contributed by atoms with Crippen molar-refractivity contribution in [2.24, 2.45) is 4.99 Å². The lowest BCUT2D eigenvalue weighted by Crippen LogP contribution is -2.43. The zero-order valence-electron chi connectivity index (χ0n) is 14.2. The first-order chi connectivity index (χ1) is 11.1. The molecule has 0 saturated carbocycles. The van der Waals surface area contributed by atoms with Gasteiger partial charge in [-0.15, -0.1) is 0 Å². The minimum Gasteiger partial charge on any atom is -0.508 e. The van der Waals surface area contributed by atoms with E-state index in [1.54, 1.807) is 19.2 Å². The molecule has 128 valence electrons. The molecule has 1 saturated heterocycles. The molecular formula is C17H27N3O2S. The highest BCUT2D eigenvalue weighted by Gasteiger charge is 2.29. The lowest BCUT2D eigenvalue weighted by molar-refractivity contribution is 0.411. The molecule has 0 bridgehead atoms. The molecule has 1 aliphatic heterocycles. The predicted octanol–water partition coefficient (Wildman–Crippen LogP) is 2.74. The van der Waals surface area contributed by atoms with Crippen molar-refractivity contribution in [3.63, 3.8) is 0 Å². The van der Waals surface area contributed by atoms with Gasteiger partial charge in [-0.1, -0.05) is 0 Å². The number of hydrogen-bond acceptors (Lipinski definition) is 4. The fourth-order valence-corrected chi connectivity index (χ4v) is 3.81. The largest absolute Gasteiger partial charge is 0.508 e. The molecule has 0 amide bonds. The predicted molar refractivity (Wildman–Crippen MR) is 97.6 cm³/mol. The highest BCUT2D eigenvalue weighted by Crippen LogP contribution is 2.36. The highest BCUT2D eigenvalue weighted by molar-refractivity contribution is 8.00. The number of ether oxygens (including phenoxy) is 1. The number of guanidine groups is 1. The Morgan fingerprint density at radius 2 is 2.26 bits per heavy atom. The van der Waals surface area contributed by atoms with Crippen LogP contribution in [0.5, 0.6) is 11.5 Å². The van der Waals surface area contributed by atoms with Gasteiger partial charge >= 0.3 is 0 Å². The summed E-state index contributed by atoms with van der Waals surface area (Å²) >= 11 is 2.02. The zero-order chi connectivity index (χ0) is 16.7. The molecule has 1 heterocycles. The molecule has 1 aromatic carbocycles. The Balaban J connectivity index is 2.00. The number of phenols is 1. The molecular weight excluding hydrogens is 310 g/mol. The topological polar surface area (TPSA) is 65.9 Å². The van der Waals surface area contributed by atoms with Crippen molar-refractivity contribution in [2.45, 2.75) is 38.0 Å². The number of methoxy groups -OCH3 is 1. The summed E-state index contributed by atoms with van der Waals surface area (Å²) in [6, 6.07) is 5.20. The smallest absolute Gasteiger partial charge is 0.191 e. The van der Waals surface area contributed by atoms with Gasteiger partial charge in [0.1, 0.15) is 11.5 Å². The van der Waals surface area contributed by atoms with Gasteiger partial charge in [0.05, 0.1) is 13.7 Å². The third kappa shape index (κ3) is 5.23.